The lowest BCUT2D eigenvalue weighted by Gasteiger charge is -2.29. The highest BCUT2D eigenvalue weighted by Crippen LogP contribution is 2.20. The molecule has 0 saturated heterocycles. The molecule has 29 heavy (non-hydrogen) atoms. The van der Waals surface area contributed by atoms with Crippen LogP contribution in [0.2, 0.25) is 0 Å². The number of nitrogens with one attached hydrogen (secondary N) is 1. The Bertz CT molecular complexity index is 947. The zero-order valence-electron chi connectivity index (χ0n) is 17.8. The number of anilines is 3. The molecule has 0 unspecified atom stereocenters. The van der Waals surface area contributed by atoms with Crippen LogP contribution >= 0.6 is 0 Å². The van der Waals surface area contributed by atoms with Gasteiger partial charge in [0, 0.05) is 25.8 Å². The van der Waals surface area contributed by atoms with Crippen molar-refractivity contribution < 1.29 is 4.79 Å². The average Bonchev–Trinajstić information content (AvgIpc) is 2.64. The first-order valence-electron chi connectivity index (χ1n) is 9.81. The smallest absolute Gasteiger partial charge is 0.330 e. The van der Waals surface area contributed by atoms with Crippen LogP contribution in [-0.4, -0.2) is 35.6 Å². The first kappa shape index (κ1) is 22.3. The van der Waals surface area contributed by atoms with Gasteiger partial charge in [-0.3, -0.25) is 19.1 Å². The van der Waals surface area contributed by atoms with Crippen molar-refractivity contribution in [3.63, 3.8) is 0 Å². The molecule has 1 heterocycles. The van der Waals surface area contributed by atoms with Gasteiger partial charge >= 0.3 is 5.69 Å². The highest BCUT2D eigenvalue weighted by molar-refractivity contribution is 5.96. The maximum Gasteiger partial charge on any atom is 0.330 e. The zero-order valence-corrected chi connectivity index (χ0v) is 17.8. The summed E-state index contributed by atoms with van der Waals surface area (Å²) in [5.74, 6) is 0.243. The topological polar surface area (TPSA) is 104 Å². The average molecular weight is 402 g/mol. The summed E-state index contributed by atoms with van der Waals surface area (Å²) < 4.78 is 1.36. The molecule has 0 aliphatic heterocycles. The number of rotatable bonds is 8. The molecule has 0 aliphatic carbocycles. The molecule has 0 aliphatic rings. The Morgan fingerprint density at radius 3 is 2.28 bits per heavy atom. The number of benzene rings is 1. The third-order valence-electron chi connectivity index (χ3n) is 4.51. The van der Waals surface area contributed by atoms with E-state index in [1.165, 1.54) is 4.57 Å². The van der Waals surface area contributed by atoms with Gasteiger partial charge < -0.3 is 15.5 Å². The molecule has 1 amide bonds. The van der Waals surface area contributed by atoms with Gasteiger partial charge in [-0.1, -0.05) is 45.9 Å². The van der Waals surface area contributed by atoms with E-state index in [2.05, 4.69) is 4.98 Å². The molecule has 0 spiro atoms. The van der Waals surface area contributed by atoms with E-state index in [1.807, 2.05) is 58.0 Å². The summed E-state index contributed by atoms with van der Waals surface area (Å²) in [6.45, 7) is 8.70. The van der Waals surface area contributed by atoms with Crippen LogP contribution in [0.4, 0.5) is 17.2 Å². The summed E-state index contributed by atoms with van der Waals surface area (Å²) in [7, 11) is 1.69. The van der Waals surface area contributed by atoms with Crippen molar-refractivity contribution in [2.24, 2.45) is 11.8 Å². The van der Waals surface area contributed by atoms with E-state index < -0.39 is 11.2 Å². The summed E-state index contributed by atoms with van der Waals surface area (Å²) >= 11 is 0. The molecule has 2 rings (SSSR count). The Hall–Kier alpha value is -3.03. The maximum atomic E-state index is 12.9. The van der Waals surface area contributed by atoms with E-state index in [-0.39, 0.29) is 35.8 Å². The van der Waals surface area contributed by atoms with Crippen molar-refractivity contribution in [3.05, 3.63) is 51.2 Å². The van der Waals surface area contributed by atoms with Crippen LogP contribution in [0.5, 0.6) is 0 Å². The Labute approximate surface area is 170 Å². The number of nitrogens with two attached hydrogens (primary N) is 1. The molecule has 8 heteroatoms. The van der Waals surface area contributed by atoms with Gasteiger partial charge in [-0.25, -0.2) is 4.79 Å². The van der Waals surface area contributed by atoms with Crippen molar-refractivity contribution in [1.29, 1.82) is 0 Å². The second-order valence-corrected chi connectivity index (χ2v) is 8.06. The summed E-state index contributed by atoms with van der Waals surface area (Å²) in [5, 5.41) is 0. The lowest BCUT2D eigenvalue weighted by atomic mass is 10.2. The van der Waals surface area contributed by atoms with Crippen molar-refractivity contribution in [2.75, 3.05) is 35.7 Å². The van der Waals surface area contributed by atoms with E-state index in [0.717, 1.165) is 5.69 Å². The number of aromatic nitrogens is 2. The SMILES string of the molecule is CC(C)CN(CC(=O)N(C)c1ccccc1)c1c(N)n(CC(C)C)c(=O)[nH]c1=O. The molecule has 0 bridgehead atoms. The number of amides is 1. The third kappa shape index (κ3) is 5.49. The predicted molar refractivity (Wildman–Crippen MR) is 117 cm³/mol. The van der Waals surface area contributed by atoms with Crippen molar-refractivity contribution in [3.8, 4) is 0 Å². The number of aromatic amines is 1. The summed E-state index contributed by atoms with van der Waals surface area (Å²) in [4.78, 5) is 43.3. The first-order valence-corrected chi connectivity index (χ1v) is 9.81. The highest BCUT2D eigenvalue weighted by atomic mass is 16.2. The number of nitrogen functional groups attached to an aromatic ring is 1. The maximum absolute atomic E-state index is 12.9. The lowest BCUT2D eigenvalue weighted by Crippen LogP contribution is -2.45. The van der Waals surface area contributed by atoms with Crippen molar-refractivity contribution >= 4 is 23.1 Å². The minimum atomic E-state index is -0.580. The molecule has 0 atom stereocenters. The van der Waals surface area contributed by atoms with E-state index in [1.54, 1.807) is 16.8 Å². The minimum absolute atomic E-state index is 0.0310. The molecular formula is C21H31N5O3. The molecule has 1 aromatic heterocycles. The van der Waals surface area contributed by atoms with Crippen LogP contribution in [0, 0.1) is 11.8 Å². The monoisotopic (exact) mass is 401 g/mol. The van der Waals surface area contributed by atoms with Crippen LogP contribution in [0.1, 0.15) is 27.7 Å². The van der Waals surface area contributed by atoms with Gasteiger partial charge in [0.1, 0.15) is 11.5 Å². The highest BCUT2D eigenvalue weighted by Gasteiger charge is 2.23. The Balaban J connectivity index is 2.44. The van der Waals surface area contributed by atoms with Crippen molar-refractivity contribution in [1.82, 2.24) is 9.55 Å². The third-order valence-corrected chi connectivity index (χ3v) is 4.51. The fourth-order valence-electron chi connectivity index (χ4n) is 3.17. The molecule has 0 radical (unpaired) electrons. The molecular weight excluding hydrogens is 370 g/mol. The van der Waals surface area contributed by atoms with E-state index in [9.17, 15) is 14.4 Å². The molecule has 8 nitrogen and oxygen atoms in total. The molecule has 0 saturated carbocycles. The second-order valence-electron chi connectivity index (χ2n) is 8.06. The van der Waals surface area contributed by atoms with Gasteiger partial charge in [-0.05, 0) is 24.0 Å². The fraction of sp³-hybridized carbons (Fsp3) is 0.476. The molecule has 3 N–H and O–H groups in total. The van der Waals surface area contributed by atoms with Crippen LogP contribution in [0.3, 0.4) is 0 Å². The number of carbonyl (C=O) groups excluding carboxylic acids is 1. The first-order chi connectivity index (χ1) is 13.6. The molecule has 158 valence electrons. The van der Waals surface area contributed by atoms with Crippen molar-refractivity contribution in [2.45, 2.75) is 34.2 Å². The van der Waals surface area contributed by atoms with Gasteiger partial charge in [0.25, 0.3) is 5.56 Å². The number of nitrogens with zero attached hydrogens (tertiary/aromatic N) is 3. The molecule has 0 fully saturated rings. The van der Waals surface area contributed by atoms with Crippen LogP contribution in [0.15, 0.2) is 39.9 Å². The van der Waals surface area contributed by atoms with E-state index in [0.29, 0.717) is 13.1 Å². The minimum Gasteiger partial charge on any atom is -0.383 e. The number of hydrogen-bond donors (Lipinski definition) is 2. The van der Waals surface area contributed by atoms with Crippen LogP contribution in [0.25, 0.3) is 0 Å². The number of H-pyrrole nitrogens is 1. The van der Waals surface area contributed by atoms with Gasteiger partial charge in [0.05, 0.1) is 6.54 Å². The largest absolute Gasteiger partial charge is 0.383 e. The standard InChI is InChI=1S/C21H31N5O3/c1-14(2)11-25(13-17(27)24(5)16-9-7-6-8-10-16)18-19(22)26(12-15(3)4)21(29)23-20(18)28/h6-10,14-15H,11-13,22H2,1-5H3,(H,23,28,29). The van der Waals surface area contributed by atoms with Crippen LogP contribution in [-0.2, 0) is 11.3 Å². The molecule has 2 aromatic rings. The fourth-order valence-corrected chi connectivity index (χ4v) is 3.17. The van der Waals surface area contributed by atoms with Gasteiger partial charge in [0.2, 0.25) is 5.91 Å². The summed E-state index contributed by atoms with van der Waals surface area (Å²) in [5.41, 5.74) is 6.05. The quantitative estimate of drug-likeness (QED) is 0.703. The van der Waals surface area contributed by atoms with Gasteiger partial charge in [-0.2, -0.15) is 0 Å². The Morgan fingerprint density at radius 1 is 1.10 bits per heavy atom. The predicted octanol–water partition coefficient (Wildman–Crippen LogP) is 1.90. The van der Waals surface area contributed by atoms with Crippen LogP contribution < -0.4 is 26.8 Å². The summed E-state index contributed by atoms with van der Waals surface area (Å²) in [6.07, 6.45) is 0. The normalized spacial score (nSPS) is 11.1. The Kier molecular flexibility index (Phi) is 7.25. The Morgan fingerprint density at radius 2 is 1.72 bits per heavy atom. The second kappa shape index (κ2) is 9.45. The molecule has 1 aromatic carbocycles. The van der Waals surface area contributed by atoms with Gasteiger partial charge in [-0.15, -0.1) is 0 Å². The lowest BCUT2D eigenvalue weighted by molar-refractivity contribution is -0.117. The van der Waals surface area contributed by atoms with E-state index >= 15 is 0 Å². The number of carbonyl (C=O) groups is 1. The van der Waals surface area contributed by atoms with Gasteiger partial charge in [0.15, 0.2) is 0 Å². The summed E-state index contributed by atoms with van der Waals surface area (Å²) in [6, 6.07) is 9.28. The number of para-hydroxylation sites is 1. The zero-order chi connectivity index (χ0) is 21.7. The number of hydrogen-bond acceptors (Lipinski definition) is 5. The van der Waals surface area contributed by atoms with E-state index in [4.69, 9.17) is 5.73 Å². The number of likely N-dealkylation sites (N-methyl/N-ethyl adjacent to an activating group) is 1.